The van der Waals surface area contributed by atoms with Crippen LogP contribution in [0.15, 0.2) is 122 Å². The molecule has 7 nitrogen and oxygen atoms in total. The number of anilines is 2. The Bertz CT molecular complexity index is 1350. The number of phenols is 1. The minimum absolute atomic E-state index is 0.178. The highest BCUT2D eigenvalue weighted by Gasteiger charge is 2.19. The van der Waals surface area contributed by atoms with Crippen LogP contribution in [0.25, 0.3) is 11.4 Å². The third-order valence-electron chi connectivity index (χ3n) is 4.86. The standard InChI is InChI=1S/C20H17N4.C7H6O3/c1-4-10-17(11-5-1)21-20-22-24(19-14-8-3-9-15-19)16-23(20)18-12-6-2-7-13-18;8-6-4-2-1-3-5(6)7(9)10/h1-16H,(H,21,22);1-4,8H,(H,9,10)/q+1;/p-1. The predicted octanol–water partition coefficient (Wildman–Crippen LogP) is 3.65. The van der Waals surface area contributed by atoms with Crippen LogP contribution >= 0.6 is 0 Å². The van der Waals surface area contributed by atoms with Crippen LogP contribution in [0.4, 0.5) is 11.6 Å². The average molecular weight is 450 g/mol. The quantitative estimate of drug-likeness (QED) is 0.399. The van der Waals surface area contributed by atoms with Crippen molar-refractivity contribution < 1.29 is 19.6 Å². The number of benzene rings is 4. The average Bonchev–Trinajstić information content (AvgIpc) is 3.30. The Morgan fingerprint density at radius 2 is 1.35 bits per heavy atom. The van der Waals surface area contributed by atoms with Gasteiger partial charge in [-0.25, -0.2) is 0 Å². The first-order valence-corrected chi connectivity index (χ1v) is 10.6. The van der Waals surface area contributed by atoms with Crippen molar-refractivity contribution in [2.24, 2.45) is 0 Å². The Hall–Kier alpha value is -4.91. The maximum Gasteiger partial charge on any atom is 0.387 e. The molecule has 0 saturated carbocycles. The molecule has 7 heteroatoms. The van der Waals surface area contributed by atoms with Gasteiger partial charge in [0.2, 0.25) is 6.33 Å². The summed E-state index contributed by atoms with van der Waals surface area (Å²) in [7, 11) is 0. The summed E-state index contributed by atoms with van der Waals surface area (Å²) in [6.07, 6.45) is 1.98. The van der Waals surface area contributed by atoms with Crippen molar-refractivity contribution in [2.75, 3.05) is 5.32 Å². The van der Waals surface area contributed by atoms with Crippen molar-refractivity contribution in [1.29, 1.82) is 0 Å². The summed E-state index contributed by atoms with van der Waals surface area (Å²) in [6.45, 7) is 0. The van der Waals surface area contributed by atoms with E-state index >= 15 is 0 Å². The number of aromatic nitrogens is 3. The molecule has 1 heterocycles. The highest BCUT2D eigenvalue weighted by molar-refractivity contribution is 5.88. The van der Waals surface area contributed by atoms with Gasteiger partial charge in [0.05, 0.1) is 17.3 Å². The number of aromatic hydroxyl groups is 1. The zero-order valence-corrected chi connectivity index (χ0v) is 18.2. The number of rotatable bonds is 5. The van der Waals surface area contributed by atoms with E-state index in [0.717, 1.165) is 23.0 Å². The molecular formula is C27H22N4O3. The Morgan fingerprint density at radius 1 is 0.794 bits per heavy atom. The maximum atomic E-state index is 10.2. The van der Waals surface area contributed by atoms with Gasteiger partial charge in [0.1, 0.15) is 11.4 Å². The van der Waals surface area contributed by atoms with Crippen LogP contribution in [0, 0.1) is 0 Å². The van der Waals surface area contributed by atoms with Gasteiger partial charge in [-0.2, -0.15) is 4.57 Å². The lowest BCUT2D eigenvalue weighted by molar-refractivity contribution is -0.581. The normalized spacial score (nSPS) is 10.1. The predicted molar refractivity (Wildman–Crippen MR) is 127 cm³/mol. The summed E-state index contributed by atoms with van der Waals surface area (Å²) in [5.74, 6) is -0.864. The topological polar surface area (TPSA) is 94.1 Å². The Labute approximate surface area is 196 Å². The third-order valence-corrected chi connectivity index (χ3v) is 4.86. The van der Waals surface area contributed by atoms with Gasteiger partial charge >= 0.3 is 5.95 Å². The smallest absolute Gasteiger partial charge is 0.387 e. The zero-order valence-electron chi connectivity index (χ0n) is 18.2. The second-order valence-corrected chi connectivity index (χ2v) is 7.22. The van der Waals surface area contributed by atoms with E-state index in [9.17, 15) is 9.90 Å². The van der Waals surface area contributed by atoms with Gasteiger partial charge in [0.25, 0.3) is 0 Å². The molecule has 168 valence electrons. The number of hydrogen-bond donors (Lipinski definition) is 2. The number of aromatic carboxylic acids is 1. The molecule has 0 spiro atoms. The summed E-state index contributed by atoms with van der Waals surface area (Å²) < 4.78 is 3.91. The number of carboxylic acids is 1. The molecule has 0 aliphatic rings. The lowest BCUT2D eigenvalue weighted by Crippen LogP contribution is -2.31. The molecule has 4 aromatic carbocycles. The molecular weight excluding hydrogens is 428 g/mol. The van der Waals surface area contributed by atoms with Gasteiger partial charge < -0.3 is 15.0 Å². The second-order valence-electron chi connectivity index (χ2n) is 7.22. The highest BCUT2D eigenvalue weighted by atomic mass is 16.4. The van der Waals surface area contributed by atoms with Gasteiger partial charge in [-0.05, 0) is 48.5 Å². The summed E-state index contributed by atoms with van der Waals surface area (Å²) in [5, 5.41) is 27.1. The van der Waals surface area contributed by atoms with Crippen LogP contribution in [0.3, 0.4) is 0 Å². The molecule has 0 amide bonds. The van der Waals surface area contributed by atoms with E-state index in [1.165, 1.54) is 18.2 Å². The van der Waals surface area contributed by atoms with E-state index in [1.807, 2.05) is 94.4 Å². The van der Waals surface area contributed by atoms with Crippen molar-refractivity contribution in [3.63, 3.8) is 0 Å². The fourth-order valence-electron chi connectivity index (χ4n) is 3.20. The van der Waals surface area contributed by atoms with Gasteiger partial charge in [-0.15, -0.1) is 4.68 Å². The molecule has 0 unspecified atom stereocenters. The maximum absolute atomic E-state index is 10.2. The van der Waals surface area contributed by atoms with Crippen LogP contribution in [-0.4, -0.2) is 20.9 Å². The minimum Gasteiger partial charge on any atom is -0.545 e. The van der Waals surface area contributed by atoms with Gasteiger partial charge in [0.15, 0.2) is 0 Å². The van der Waals surface area contributed by atoms with Crippen molar-refractivity contribution >= 4 is 17.6 Å². The summed E-state index contributed by atoms with van der Waals surface area (Å²) >= 11 is 0. The van der Waals surface area contributed by atoms with E-state index in [0.29, 0.717) is 0 Å². The Morgan fingerprint density at radius 3 is 1.94 bits per heavy atom. The van der Waals surface area contributed by atoms with Crippen LogP contribution in [0.1, 0.15) is 10.4 Å². The number of carbonyl (C=O) groups excluding carboxylic acids is 1. The molecule has 34 heavy (non-hydrogen) atoms. The molecule has 2 N–H and O–H groups in total. The largest absolute Gasteiger partial charge is 0.545 e. The van der Waals surface area contributed by atoms with Crippen molar-refractivity contribution in [1.82, 2.24) is 9.78 Å². The number of nitrogens with one attached hydrogen (secondary N) is 1. The molecule has 0 fully saturated rings. The molecule has 0 radical (unpaired) electrons. The van der Waals surface area contributed by atoms with E-state index in [2.05, 4.69) is 17.4 Å². The summed E-state index contributed by atoms with van der Waals surface area (Å²) in [4.78, 5) is 10.2. The van der Waals surface area contributed by atoms with Crippen LogP contribution < -0.4 is 15.0 Å². The third kappa shape index (κ3) is 5.46. The lowest BCUT2D eigenvalue weighted by Gasteiger charge is -2.02. The molecule has 5 aromatic rings. The van der Waals surface area contributed by atoms with Crippen LogP contribution in [-0.2, 0) is 0 Å². The lowest BCUT2D eigenvalue weighted by atomic mass is 10.2. The molecule has 0 bridgehead atoms. The minimum atomic E-state index is -1.36. The van der Waals surface area contributed by atoms with Crippen molar-refractivity contribution in [3.05, 3.63) is 127 Å². The first-order chi connectivity index (χ1) is 16.6. The number of carboxylic acid groups (broad SMARTS) is 1. The number of hydrogen-bond acceptors (Lipinski definition) is 5. The summed E-state index contributed by atoms with van der Waals surface area (Å²) in [6, 6.07) is 36.0. The first kappa shape index (κ1) is 22.3. The number of carbonyl (C=O) groups is 1. The van der Waals surface area contributed by atoms with E-state index < -0.39 is 5.97 Å². The van der Waals surface area contributed by atoms with Crippen LogP contribution in [0.5, 0.6) is 5.75 Å². The van der Waals surface area contributed by atoms with E-state index in [1.54, 1.807) is 6.07 Å². The van der Waals surface area contributed by atoms with E-state index in [-0.39, 0.29) is 11.3 Å². The van der Waals surface area contributed by atoms with Gasteiger partial charge in [0, 0.05) is 10.7 Å². The first-order valence-electron chi connectivity index (χ1n) is 10.6. The van der Waals surface area contributed by atoms with Gasteiger partial charge in [-0.1, -0.05) is 66.7 Å². The molecule has 1 aromatic heterocycles. The molecule has 5 rings (SSSR count). The van der Waals surface area contributed by atoms with Crippen molar-refractivity contribution in [3.8, 4) is 17.1 Å². The molecule has 0 aliphatic carbocycles. The number of nitrogens with zero attached hydrogens (tertiary/aromatic N) is 3. The molecule has 0 atom stereocenters. The zero-order chi connectivity index (χ0) is 23.8. The SMILES string of the molecule is O=C([O-])c1ccccc1O.c1ccc(Nc2nn(-c3ccccc3)c[n+]2-c2ccccc2)cc1. The monoisotopic (exact) mass is 450 g/mol. The molecule has 0 aliphatic heterocycles. The Balaban J connectivity index is 0.000000231. The molecule has 0 saturated heterocycles. The second kappa shape index (κ2) is 10.6. The fourth-order valence-corrected chi connectivity index (χ4v) is 3.20. The van der Waals surface area contributed by atoms with E-state index in [4.69, 9.17) is 10.2 Å². The highest BCUT2D eigenvalue weighted by Crippen LogP contribution is 2.15. The van der Waals surface area contributed by atoms with Gasteiger partial charge in [-0.3, -0.25) is 5.32 Å². The number of para-hydroxylation sites is 4. The summed E-state index contributed by atoms with van der Waals surface area (Å²) in [5.41, 5.74) is 2.89. The Kier molecular flexibility index (Phi) is 6.95. The fraction of sp³-hybridized carbons (Fsp3) is 0. The van der Waals surface area contributed by atoms with Crippen molar-refractivity contribution in [2.45, 2.75) is 0 Å². The van der Waals surface area contributed by atoms with Crippen LogP contribution in [0.2, 0.25) is 0 Å².